The van der Waals surface area contributed by atoms with Crippen molar-refractivity contribution < 1.29 is 19.7 Å². The van der Waals surface area contributed by atoms with Gasteiger partial charge in [-0.15, -0.1) is 0 Å². The van der Waals surface area contributed by atoms with Gasteiger partial charge in [0.1, 0.15) is 0 Å². The quantitative estimate of drug-likeness (QED) is 0.630. The van der Waals surface area contributed by atoms with E-state index in [1.807, 2.05) is 0 Å². The summed E-state index contributed by atoms with van der Waals surface area (Å²) in [6, 6.07) is 0. The SMILES string of the molecule is O=C(O)C12CC3(COCCCCCO)CC31C2. The van der Waals surface area contributed by atoms with E-state index in [2.05, 4.69) is 0 Å². The summed E-state index contributed by atoms with van der Waals surface area (Å²) in [5.74, 6) is -0.589. The van der Waals surface area contributed by atoms with Crippen LogP contribution in [0.5, 0.6) is 0 Å². The van der Waals surface area contributed by atoms with Crippen LogP contribution in [-0.2, 0) is 9.53 Å². The Hall–Kier alpha value is -0.610. The van der Waals surface area contributed by atoms with Gasteiger partial charge in [0.15, 0.2) is 0 Å². The standard InChI is InChI=1S/C13H20O4/c14-4-2-1-3-5-17-9-11-6-12(10(15)16)8-13(11,12)7-11/h14H,1-9H2,(H,15,16). The second-order valence-electron chi connectivity index (χ2n) is 6.12. The van der Waals surface area contributed by atoms with Crippen LogP contribution in [0.3, 0.4) is 0 Å². The van der Waals surface area contributed by atoms with E-state index in [0.29, 0.717) is 0 Å². The summed E-state index contributed by atoms with van der Waals surface area (Å²) < 4.78 is 5.67. The highest BCUT2D eigenvalue weighted by Crippen LogP contribution is 3.00. The molecule has 3 rings (SSSR count). The number of hydrogen-bond donors (Lipinski definition) is 2. The fourth-order valence-corrected chi connectivity index (χ4v) is 4.22. The third-order valence-electron chi connectivity index (χ3n) is 5.30. The minimum atomic E-state index is -0.589. The van der Waals surface area contributed by atoms with E-state index in [-0.39, 0.29) is 22.9 Å². The number of hydrogen-bond acceptors (Lipinski definition) is 3. The maximum Gasteiger partial charge on any atom is 0.310 e. The zero-order valence-electron chi connectivity index (χ0n) is 10.1. The average Bonchev–Trinajstić information content (AvgIpc) is 3.05. The zero-order chi connectivity index (χ0) is 12.1. The number of carbonyl (C=O) groups is 1. The predicted octanol–water partition coefficient (Wildman–Crippen LogP) is 1.42. The van der Waals surface area contributed by atoms with E-state index >= 15 is 0 Å². The first-order valence-electron chi connectivity index (χ1n) is 6.55. The topological polar surface area (TPSA) is 66.8 Å². The van der Waals surface area contributed by atoms with Gasteiger partial charge in [0.25, 0.3) is 0 Å². The maximum absolute atomic E-state index is 11.1. The molecule has 0 aliphatic heterocycles. The lowest BCUT2D eigenvalue weighted by Gasteiger charge is -2.30. The Morgan fingerprint density at radius 1 is 1.18 bits per heavy atom. The monoisotopic (exact) mass is 240 g/mol. The molecule has 3 fully saturated rings. The minimum absolute atomic E-state index is 0.150. The number of aliphatic hydroxyl groups is 1. The molecule has 4 nitrogen and oxygen atoms in total. The van der Waals surface area contributed by atoms with E-state index in [1.165, 1.54) is 0 Å². The summed E-state index contributed by atoms with van der Waals surface area (Å²) >= 11 is 0. The second kappa shape index (κ2) is 3.45. The van der Waals surface area contributed by atoms with Crippen LogP contribution in [0.2, 0.25) is 0 Å². The van der Waals surface area contributed by atoms with Crippen molar-refractivity contribution in [2.75, 3.05) is 19.8 Å². The lowest BCUT2D eigenvalue weighted by molar-refractivity contribution is -0.149. The van der Waals surface area contributed by atoms with E-state index in [4.69, 9.17) is 14.9 Å². The van der Waals surface area contributed by atoms with Crippen molar-refractivity contribution in [2.24, 2.45) is 16.2 Å². The van der Waals surface area contributed by atoms with Crippen LogP contribution < -0.4 is 0 Å². The molecule has 0 aromatic rings. The molecule has 1 spiro atoms. The molecule has 96 valence electrons. The van der Waals surface area contributed by atoms with Crippen molar-refractivity contribution in [1.29, 1.82) is 0 Å². The van der Waals surface area contributed by atoms with Crippen LogP contribution in [-0.4, -0.2) is 36.0 Å². The lowest BCUT2D eigenvalue weighted by atomic mass is 9.75. The van der Waals surface area contributed by atoms with Crippen LogP contribution in [0.15, 0.2) is 0 Å². The molecule has 3 atom stereocenters. The highest BCUT2D eigenvalue weighted by atomic mass is 16.5. The first kappa shape index (κ1) is 11.5. The van der Waals surface area contributed by atoms with E-state index in [0.717, 1.165) is 51.7 Å². The molecule has 0 aromatic heterocycles. The highest BCUT2D eigenvalue weighted by Gasteiger charge is 2.99. The van der Waals surface area contributed by atoms with Gasteiger partial charge >= 0.3 is 5.97 Å². The van der Waals surface area contributed by atoms with Crippen molar-refractivity contribution in [3.8, 4) is 0 Å². The normalized spacial score (nSPS) is 44.5. The van der Waals surface area contributed by atoms with Gasteiger partial charge in [-0.3, -0.25) is 4.79 Å². The maximum atomic E-state index is 11.1. The summed E-state index contributed by atoms with van der Waals surface area (Å²) in [7, 11) is 0. The van der Waals surface area contributed by atoms with E-state index in [9.17, 15) is 4.79 Å². The number of aliphatic carboxylic acids is 1. The first-order valence-corrected chi connectivity index (χ1v) is 6.55. The third kappa shape index (κ3) is 1.28. The second-order valence-corrected chi connectivity index (χ2v) is 6.12. The van der Waals surface area contributed by atoms with E-state index < -0.39 is 5.97 Å². The Morgan fingerprint density at radius 3 is 2.59 bits per heavy atom. The van der Waals surface area contributed by atoms with Crippen molar-refractivity contribution in [2.45, 2.75) is 38.5 Å². The van der Waals surface area contributed by atoms with Crippen LogP contribution in [0.1, 0.15) is 38.5 Å². The largest absolute Gasteiger partial charge is 0.481 e. The molecule has 2 N–H and O–H groups in total. The third-order valence-corrected chi connectivity index (χ3v) is 5.30. The number of carboxylic acids is 1. The van der Waals surface area contributed by atoms with Gasteiger partial charge in [-0.1, -0.05) is 0 Å². The summed E-state index contributed by atoms with van der Waals surface area (Å²) in [6.07, 6.45) is 5.65. The van der Waals surface area contributed by atoms with Gasteiger partial charge in [-0.05, 0) is 43.9 Å². The molecule has 0 aromatic carbocycles. The molecule has 3 aliphatic rings. The minimum Gasteiger partial charge on any atom is -0.481 e. The van der Waals surface area contributed by atoms with Crippen molar-refractivity contribution in [3.05, 3.63) is 0 Å². The van der Waals surface area contributed by atoms with Crippen LogP contribution in [0.4, 0.5) is 0 Å². The van der Waals surface area contributed by atoms with Crippen LogP contribution in [0, 0.1) is 16.2 Å². The van der Waals surface area contributed by atoms with Crippen LogP contribution >= 0.6 is 0 Å². The van der Waals surface area contributed by atoms with Gasteiger partial charge in [-0.2, -0.15) is 0 Å². The average molecular weight is 240 g/mol. The molecule has 3 unspecified atom stereocenters. The number of ether oxygens (including phenoxy) is 1. The van der Waals surface area contributed by atoms with Gasteiger partial charge in [-0.25, -0.2) is 0 Å². The predicted molar refractivity (Wildman–Crippen MR) is 60.5 cm³/mol. The summed E-state index contributed by atoms with van der Waals surface area (Å²) in [4.78, 5) is 11.1. The Bertz CT molecular complexity index is 355. The Morgan fingerprint density at radius 2 is 2.00 bits per heavy atom. The van der Waals surface area contributed by atoms with Crippen molar-refractivity contribution >= 4 is 5.97 Å². The number of rotatable bonds is 8. The van der Waals surface area contributed by atoms with Gasteiger partial charge < -0.3 is 14.9 Å². The van der Waals surface area contributed by atoms with Gasteiger partial charge in [0.05, 0.1) is 12.0 Å². The molecule has 17 heavy (non-hydrogen) atoms. The van der Waals surface area contributed by atoms with Crippen LogP contribution in [0.25, 0.3) is 0 Å². The van der Waals surface area contributed by atoms with Crippen molar-refractivity contribution in [3.63, 3.8) is 0 Å². The molecule has 0 heterocycles. The molecule has 0 amide bonds. The Balaban J connectivity index is 1.36. The lowest BCUT2D eigenvalue weighted by Crippen LogP contribution is -2.35. The van der Waals surface area contributed by atoms with Crippen molar-refractivity contribution in [1.82, 2.24) is 0 Å². The Kier molecular flexibility index (Phi) is 2.33. The van der Waals surface area contributed by atoms with Gasteiger partial charge in [0.2, 0.25) is 0 Å². The number of aliphatic hydroxyl groups excluding tert-OH is 1. The number of unbranched alkanes of at least 4 members (excludes halogenated alkanes) is 2. The molecule has 0 bridgehead atoms. The molecule has 0 radical (unpaired) electrons. The number of carboxylic acid groups (broad SMARTS) is 1. The Labute approximate surface area is 101 Å². The summed E-state index contributed by atoms with van der Waals surface area (Å²) in [5, 5.41) is 17.8. The molecule has 0 saturated heterocycles. The van der Waals surface area contributed by atoms with E-state index in [1.54, 1.807) is 0 Å². The smallest absolute Gasteiger partial charge is 0.310 e. The summed E-state index contributed by atoms with van der Waals surface area (Å²) in [6.45, 7) is 1.76. The summed E-state index contributed by atoms with van der Waals surface area (Å²) in [5.41, 5.74) is 0.0482. The zero-order valence-corrected chi connectivity index (χ0v) is 10.1. The molecule has 3 saturated carbocycles. The molecular formula is C13H20O4. The highest BCUT2D eigenvalue weighted by molar-refractivity contribution is 5.85. The molecule has 3 aliphatic carbocycles. The molecule has 4 heteroatoms. The first-order chi connectivity index (χ1) is 8.13. The fraction of sp³-hybridized carbons (Fsp3) is 0.923. The fourth-order valence-electron chi connectivity index (χ4n) is 4.22. The molecular weight excluding hydrogens is 220 g/mol. The van der Waals surface area contributed by atoms with Gasteiger partial charge in [0, 0.05) is 18.6 Å².